The van der Waals surface area contributed by atoms with Gasteiger partial charge in [-0.15, -0.1) is 0 Å². The van der Waals surface area contributed by atoms with Crippen molar-refractivity contribution in [2.45, 2.75) is 13.2 Å². The number of ether oxygens (including phenoxy) is 2. The first-order chi connectivity index (χ1) is 16.0. The molecule has 1 heterocycles. The Morgan fingerprint density at radius 3 is 2.48 bits per heavy atom. The highest BCUT2D eigenvalue weighted by Crippen LogP contribution is 2.29. The molecule has 7 heteroatoms. The van der Waals surface area contributed by atoms with Gasteiger partial charge in [-0.05, 0) is 35.4 Å². The molecule has 0 spiro atoms. The van der Waals surface area contributed by atoms with E-state index in [0.29, 0.717) is 24.7 Å². The lowest BCUT2D eigenvalue weighted by Crippen LogP contribution is -2.26. The Morgan fingerprint density at radius 1 is 0.970 bits per heavy atom. The highest BCUT2D eigenvalue weighted by molar-refractivity contribution is 5.93. The van der Waals surface area contributed by atoms with Crippen LogP contribution in [0.3, 0.4) is 0 Å². The molecule has 0 radical (unpaired) electrons. The number of carbonyl (C=O) groups is 1. The zero-order valence-electron chi connectivity index (χ0n) is 18.3. The van der Waals surface area contributed by atoms with Gasteiger partial charge in [-0.2, -0.15) is 0 Å². The third kappa shape index (κ3) is 5.20. The molecule has 4 aromatic rings. The average molecular weight is 446 g/mol. The minimum atomic E-state index is -0.442. The lowest BCUT2D eigenvalue weighted by atomic mass is 10.1. The molecule has 0 bridgehead atoms. The standard InChI is InChI=1S/C26H23FN2O4/c1-29(26(30)22-15-24(33-28-22)20-10-6-7-11-21(20)27)16-19-12-13-23(25(14-19)31-2)32-17-18-8-4-3-5-9-18/h3-15H,16-17H2,1-2H3. The summed E-state index contributed by atoms with van der Waals surface area (Å²) < 4.78 is 30.5. The van der Waals surface area contributed by atoms with Crippen molar-refractivity contribution in [3.05, 3.63) is 102 Å². The second kappa shape index (κ2) is 9.99. The van der Waals surface area contributed by atoms with E-state index in [1.54, 1.807) is 32.4 Å². The fraction of sp³-hybridized carbons (Fsp3) is 0.154. The summed E-state index contributed by atoms with van der Waals surface area (Å²) in [7, 11) is 3.23. The van der Waals surface area contributed by atoms with Gasteiger partial charge in [0, 0.05) is 19.7 Å². The van der Waals surface area contributed by atoms with Crippen LogP contribution in [0, 0.1) is 5.82 Å². The maximum Gasteiger partial charge on any atom is 0.276 e. The number of carbonyl (C=O) groups excluding carboxylic acids is 1. The van der Waals surface area contributed by atoms with Crippen LogP contribution < -0.4 is 9.47 Å². The molecule has 4 rings (SSSR count). The molecule has 3 aromatic carbocycles. The van der Waals surface area contributed by atoms with Gasteiger partial charge in [-0.1, -0.05) is 53.7 Å². The topological polar surface area (TPSA) is 64.8 Å². The van der Waals surface area contributed by atoms with Crippen molar-refractivity contribution in [1.82, 2.24) is 10.1 Å². The third-order valence-electron chi connectivity index (χ3n) is 5.10. The minimum absolute atomic E-state index is 0.102. The summed E-state index contributed by atoms with van der Waals surface area (Å²) in [4.78, 5) is 14.3. The van der Waals surface area contributed by atoms with Crippen LogP contribution in [0.4, 0.5) is 4.39 Å². The van der Waals surface area contributed by atoms with Gasteiger partial charge in [0.05, 0.1) is 12.7 Å². The van der Waals surface area contributed by atoms with E-state index in [1.165, 1.54) is 17.0 Å². The zero-order valence-corrected chi connectivity index (χ0v) is 18.3. The van der Waals surface area contributed by atoms with Gasteiger partial charge in [0.25, 0.3) is 5.91 Å². The van der Waals surface area contributed by atoms with Gasteiger partial charge in [0.15, 0.2) is 23.0 Å². The summed E-state index contributed by atoms with van der Waals surface area (Å²) in [5, 5.41) is 3.82. The highest BCUT2D eigenvalue weighted by atomic mass is 19.1. The first-order valence-electron chi connectivity index (χ1n) is 10.4. The molecule has 0 N–H and O–H groups in total. The van der Waals surface area contributed by atoms with E-state index in [1.807, 2.05) is 48.5 Å². The van der Waals surface area contributed by atoms with Gasteiger partial charge < -0.3 is 18.9 Å². The smallest absolute Gasteiger partial charge is 0.276 e. The maximum absolute atomic E-state index is 14.0. The number of hydrogen-bond donors (Lipinski definition) is 0. The van der Waals surface area contributed by atoms with Crippen LogP contribution in [-0.2, 0) is 13.2 Å². The third-order valence-corrected chi connectivity index (χ3v) is 5.10. The molecule has 0 aliphatic heterocycles. The fourth-order valence-electron chi connectivity index (χ4n) is 3.37. The van der Waals surface area contributed by atoms with Crippen molar-refractivity contribution in [2.75, 3.05) is 14.2 Å². The predicted molar refractivity (Wildman–Crippen MR) is 121 cm³/mol. The van der Waals surface area contributed by atoms with Gasteiger partial charge in [0.2, 0.25) is 0 Å². The van der Waals surface area contributed by atoms with Crippen molar-refractivity contribution >= 4 is 5.91 Å². The Morgan fingerprint density at radius 2 is 1.73 bits per heavy atom. The van der Waals surface area contributed by atoms with Crippen molar-refractivity contribution < 1.29 is 23.2 Å². The fourth-order valence-corrected chi connectivity index (χ4v) is 3.37. The van der Waals surface area contributed by atoms with Crippen molar-refractivity contribution in [3.8, 4) is 22.8 Å². The second-order valence-electron chi connectivity index (χ2n) is 7.48. The Kier molecular flexibility index (Phi) is 6.69. The Balaban J connectivity index is 1.43. The molecule has 1 amide bonds. The van der Waals surface area contributed by atoms with Crippen LogP contribution in [-0.4, -0.2) is 30.1 Å². The van der Waals surface area contributed by atoms with Crippen molar-refractivity contribution in [2.24, 2.45) is 0 Å². The largest absolute Gasteiger partial charge is 0.493 e. The molecular weight excluding hydrogens is 423 g/mol. The predicted octanol–water partition coefficient (Wildman–Crippen LogP) is 5.34. The Hall–Kier alpha value is -4.13. The first kappa shape index (κ1) is 22.1. The highest BCUT2D eigenvalue weighted by Gasteiger charge is 2.19. The molecule has 6 nitrogen and oxygen atoms in total. The monoisotopic (exact) mass is 446 g/mol. The Bertz CT molecular complexity index is 1240. The number of amides is 1. The quantitative estimate of drug-likeness (QED) is 0.366. The summed E-state index contributed by atoms with van der Waals surface area (Å²) in [6.07, 6.45) is 0. The van der Waals surface area contributed by atoms with Crippen molar-refractivity contribution in [3.63, 3.8) is 0 Å². The number of methoxy groups -OCH3 is 1. The van der Waals surface area contributed by atoms with Crippen LogP contribution in [0.5, 0.6) is 11.5 Å². The Labute approximate surface area is 191 Å². The number of hydrogen-bond acceptors (Lipinski definition) is 5. The molecule has 0 unspecified atom stereocenters. The lowest BCUT2D eigenvalue weighted by molar-refractivity contribution is 0.0774. The number of benzene rings is 3. The number of rotatable bonds is 8. The van der Waals surface area contributed by atoms with Gasteiger partial charge in [0.1, 0.15) is 12.4 Å². The van der Waals surface area contributed by atoms with Crippen LogP contribution in [0.15, 0.2) is 83.4 Å². The van der Waals surface area contributed by atoms with E-state index in [2.05, 4.69) is 5.16 Å². The number of nitrogens with zero attached hydrogens (tertiary/aromatic N) is 2. The summed E-state index contributed by atoms with van der Waals surface area (Å²) in [6, 6.07) is 23.0. The van der Waals surface area contributed by atoms with Crippen molar-refractivity contribution in [1.29, 1.82) is 0 Å². The molecule has 0 atom stereocenters. The van der Waals surface area contributed by atoms with E-state index in [0.717, 1.165) is 11.1 Å². The number of halogens is 1. The van der Waals surface area contributed by atoms with E-state index < -0.39 is 5.82 Å². The van der Waals surface area contributed by atoms with Crippen LogP contribution >= 0.6 is 0 Å². The molecule has 0 fully saturated rings. The second-order valence-corrected chi connectivity index (χ2v) is 7.48. The molecular formula is C26H23FN2O4. The normalized spacial score (nSPS) is 10.6. The zero-order chi connectivity index (χ0) is 23.2. The van der Waals surface area contributed by atoms with Gasteiger partial charge in [-0.3, -0.25) is 4.79 Å². The minimum Gasteiger partial charge on any atom is -0.493 e. The van der Waals surface area contributed by atoms with Crippen LogP contribution in [0.1, 0.15) is 21.6 Å². The number of aromatic nitrogens is 1. The van der Waals surface area contributed by atoms with Gasteiger partial charge in [-0.25, -0.2) is 4.39 Å². The SMILES string of the molecule is COc1cc(CN(C)C(=O)c2cc(-c3ccccc3F)on2)ccc1OCc1ccccc1. The molecule has 0 saturated carbocycles. The summed E-state index contributed by atoms with van der Waals surface area (Å²) in [5.41, 5.74) is 2.26. The van der Waals surface area contributed by atoms with E-state index in [4.69, 9.17) is 14.0 Å². The molecule has 0 saturated heterocycles. The van der Waals surface area contributed by atoms with Crippen LogP contribution in [0.2, 0.25) is 0 Å². The first-order valence-corrected chi connectivity index (χ1v) is 10.4. The molecule has 168 valence electrons. The molecule has 0 aliphatic carbocycles. The van der Waals surface area contributed by atoms with E-state index in [-0.39, 0.29) is 22.9 Å². The summed E-state index contributed by atoms with van der Waals surface area (Å²) in [6.45, 7) is 0.738. The summed E-state index contributed by atoms with van der Waals surface area (Å²) in [5.74, 6) is 0.608. The lowest BCUT2D eigenvalue weighted by Gasteiger charge is -2.17. The van der Waals surface area contributed by atoms with Crippen LogP contribution in [0.25, 0.3) is 11.3 Å². The maximum atomic E-state index is 14.0. The van der Waals surface area contributed by atoms with E-state index >= 15 is 0 Å². The molecule has 1 aromatic heterocycles. The average Bonchev–Trinajstić information content (AvgIpc) is 3.33. The summed E-state index contributed by atoms with van der Waals surface area (Å²) >= 11 is 0. The molecule has 33 heavy (non-hydrogen) atoms. The molecule has 0 aliphatic rings. The van der Waals surface area contributed by atoms with E-state index in [9.17, 15) is 9.18 Å². The van der Waals surface area contributed by atoms with Gasteiger partial charge >= 0.3 is 0 Å².